The Kier molecular flexibility index (Phi) is 3.02. The molecular weight excluding hydrogens is 150 g/mol. The van der Waals surface area contributed by atoms with Crippen LogP contribution in [0.3, 0.4) is 0 Å². The van der Waals surface area contributed by atoms with E-state index >= 15 is 0 Å². The van der Waals surface area contributed by atoms with Gasteiger partial charge in [0, 0.05) is 12.5 Å². The first kappa shape index (κ1) is 9.10. The number of hydrogen-bond acceptors (Lipinski definition) is 3. The van der Waals surface area contributed by atoms with Crippen molar-refractivity contribution in [3.05, 3.63) is 23.6 Å². The maximum atomic E-state index is 10.7. The van der Waals surface area contributed by atoms with Crippen molar-refractivity contribution in [1.82, 2.24) is 0 Å². The van der Waals surface area contributed by atoms with Gasteiger partial charge in [0.2, 0.25) is 0 Å². The highest BCUT2D eigenvalue weighted by Gasteiger charge is 2.05. The molecule has 0 aliphatic carbocycles. The smallest absolute Gasteiger partial charge is 0.177 e. The summed E-state index contributed by atoms with van der Waals surface area (Å²) in [6.45, 7) is 3.32. The summed E-state index contributed by atoms with van der Waals surface area (Å²) in [7, 11) is -3.23. The van der Waals surface area contributed by atoms with Crippen LogP contribution in [0.15, 0.2) is 23.6 Å². The van der Waals surface area contributed by atoms with Crippen LogP contribution in [0.5, 0.6) is 0 Å². The lowest BCUT2D eigenvalue weighted by molar-refractivity contribution is 0.609. The standard InChI is InChI=1S/C6H9NO2S/c1-3-4-6(5-7)10(2,8)9/h3-5,7H,1H2,2H3/b6-4+,7-5?. The molecule has 0 aromatic rings. The zero-order valence-corrected chi connectivity index (χ0v) is 6.48. The maximum absolute atomic E-state index is 10.7. The molecule has 56 valence electrons. The fourth-order valence-electron chi connectivity index (χ4n) is 0.395. The largest absolute Gasteiger partial charge is 0.307 e. The molecule has 0 aromatic heterocycles. The Morgan fingerprint density at radius 3 is 2.20 bits per heavy atom. The highest BCUT2D eigenvalue weighted by molar-refractivity contribution is 7.95. The Morgan fingerprint density at radius 1 is 1.60 bits per heavy atom. The first-order valence-corrected chi connectivity index (χ1v) is 4.44. The van der Waals surface area contributed by atoms with Crippen molar-refractivity contribution >= 4 is 16.1 Å². The van der Waals surface area contributed by atoms with E-state index < -0.39 is 9.84 Å². The van der Waals surface area contributed by atoms with Gasteiger partial charge in [-0.3, -0.25) is 0 Å². The van der Waals surface area contributed by atoms with Gasteiger partial charge in [0.05, 0.1) is 4.91 Å². The quantitative estimate of drug-likeness (QED) is 0.488. The second kappa shape index (κ2) is 3.31. The zero-order valence-electron chi connectivity index (χ0n) is 5.66. The van der Waals surface area contributed by atoms with Gasteiger partial charge in [-0.05, 0) is 6.08 Å². The van der Waals surface area contributed by atoms with Gasteiger partial charge >= 0.3 is 0 Å². The molecule has 0 atom stereocenters. The average molecular weight is 159 g/mol. The van der Waals surface area contributed by atoms with Crippen LogP contribution < -0.4 is 0 Å². The predicted molar refractivity (Wildman–Crippen MR) is 41.9 cm³/mol. The fraction of sp³-hybridized carbons (Fsp3) is 0.167. The third-order valence-corrected chi connectivity index (χ3v) is 1.96. The van der Waals surface area contributed by atoms with E-state index in [0.717, 1.165) is 12.5 Å². The van der Waals surface area contributed by atoms with Crippen molar-refractivity contribution in [3.63, 3.8) is 0 Å². The van der Waals surface area contributed by atoms with E-state index in [4.69, 9.17) is 5.41 Å². The molecule has 3 nitrogen and oxygen atoms in total. The van der Waals surface area contributed by atoms with E-state index in [-0.39, 0.29) is 4.91 Å². The highest BCUT2D eigenvalue weighted by Crippen LogP contribution is 1.99. The van der Waals surface area contributed by atoms with Crippen molar-refractivity contribution in [1.29, 1.82) is 5.41 Å². The maximum Gasteiger partial charge on any atom is 0.177 e. The molecule has 0 bridgehead atoms. The molecule has 0 saturated heterocycles. The monoisotopic (exact) mass is 159 g/mol. The van der Waals surface area contributed by atoms with Gasteiger partial charge in [0.1, 0.15) is 0 Å². The van der Waals surface area contributed by atoms with Crippen molar-refractivity contribution in [2.24, 2.45) is 0 Å². The first-order valence-electron chi connectivity index (χ1n) is 2.55. The van der Waals surface area contributed by atoms with Crippen LogP contribution in [0.4, 0.5) is 0 Å². The predicted octanol–water partition coefficient (Wildman–Crippen LogP) is 0.750. The topological polar surface area (TPSA) is 58.0 Å². The van der Waals surface area contributed by atoms with Gasteiger partial charge in [-0.1, -0.05) is 12.7 Å². The molecule has 0 aromatic carbocycles. The van der Waals surface area contributed by atoms with Crippen LogP contribution in [-0.4, -0.2) is 20.9 Å². The molecule has 0 unspecified atom stereocenters. The first-order chi connectivity index (χ1) is 4.52. The van der Waals surface area contributed by atoms with Gasteiger partial charge in [-0.2, -0.15) is 0 Å². The lowest BCUT2D eigenvalue weighted by Crippen LogP contribution is -2.00. The minimum Gasteiger partial charge on any atom is -0.307 e. The number of sulfone groups is 1. The Balaban J connectivity index is 4.89. The molecule has 0 radical (unpaired) electrons. The van der Waals surface area contributed by atoms with Gasteiger partial charge < -0.3 is 5.41 Å². The van der Waals surface area contributed by atoms with Crippen LogP contribution in [-0.2, 0) is 9.84 Å². The molecule has 0 rings (SSSR count). The summed E-state index contributed by atoms with van der Waals surface area (Å²) in [6, 6.07) is 0. The van der Waals surface area contributed by atoms with Crippen LogP contribution in [0.25, 0.3) is 0 Å². The normalized spacial score (nSPS) is 12.7. The number of allylic oxidation sites excluding steroid dienone is 3. The van der Waals surface area contributed by atoms with E-state index in [9.17, 15) is 8.42 Å². The van der Waals surface area contributed by atoms with Gasteiger partial charge in [0.25, 0.3) is 0 Å². The molecule has 0 saturated carbocycles. The van der Waals surface area contributed by atoms with Crippen LogP contribution >= 0.6 is 0 Å². The molecule has 0 heterocycles. The third-order valence-electron chi connectivity index (χ3n) is 0.853. The molecular formula is C6H9NO2S. The number of rotatable bonds is 3. The Hall–Kier alpha value is -0.900. The molecule has 0 fully saturated rings. The molecule has 0 aliphatic heterocycles. The van der Waals surface area contributed by atoms with E-state index in [2.05, 4.69) is 6.58 Å². The SMILES string of the molecule is C=C/C=C(\C=N)S(C)(=O)=O. The van der Waals surface area contributed by atoms with E-state index in [0.29, 0.717) is 0 Å². The summed E-state index contributed by atoms with van der Waals surface area (Å²) in [5.74, 6) is 0. The minimum absolute atomic E-state index is 0.0255. The van der Waals surface area contributed by atoms with E-state index in [1.165, 1.54) is 12.2 Å². The average Bonchev–Trinajstić information content (AvgIpc) is 1.80. The lowest BCUT2D eigenvalue weighted by atomic mass is 10.5. The molecule has 0 aliphatic rings. The van der Waals surface area contributed by atoms with Gasteiger partial charge in [-0.15, -0.1) is 0 Å². The molecule has 0 spiro atoms. The van der Waals surface area contributed by atoms with Crippen LogP contribution in [0.2, 0.25) is 0 Å². The number of hydrogen-bond donors (Lipinski definition) is 1. The van der Waals surface area contributed by atoms with E-state index in [1.807, 2.05) is 0 Å². The zero-order chi connectivity index (χ0) is 8.20. The van der Waals surface area contributed by atoms with Crippen molar-refractivity contribution in [2.45, 2.75) is 0 Å². The number of nitrogens with one attached hydrogen (secondary N) is 1. The van der Waals surface area contributed by atoms with Crippen molar-refractivity contribution < 1.29 is 8.42 Å². The van der Waals surface area contributed by atoms with Gasteiger partial charge in [0.15, 0.2) is 9.84 Å². The Bertz CT molecular complexity index is 261. The van der Waals surface area contributed by atoms with Crippen molar-refractivity contribution in [2.75, 3.05) is 6.26 Å². The highest BCUT2D eigenvalue weighted by atomic mass is 32.2. The summed E-state index contributed by atoms with van der Waals surface area (Å²) in [5.41, 5.74) is 0. The molecule has 0 amide bonds. The van der Waals surface area contributed by atoms with Crippen LogP contribution in [0.1, 0.15) is 0 Å². The van der Waals surface area contributed by atoms with Crippen molar-refractivity contribution in [3.8, 4) is 0 Å². The summed E-state index contributed by atoms with van der Waals surface area (Å²) >= 11 is 0. The third kappa shape index (κ3) is 2.59. The van der Waals surface area contributed by atoms with Crippen LogP contribution in [0, 0.1) is 5.41 Å². The summed E-state index contributed by atoms with van der Waals surface area (Å²) < 4.78 is 21.4. The Labute approximate surface area is 60.5 Å². The molecule has 4 heteroatoms. The molecule has 10 heavy (non-hydrogen) atoms. The minimum atomic E-state index is -3.23. The van der Waals surface area contributed by atoms with Gasteiger partial charge in [-0.25, -0.2) is 8.42 Å². The fourth-order valence-corrected chi connectivity index (χ4v) is 0.952. The summed E-state index contributed by atoms with van der Waals surface area (Å²) in [6.07, 6.45) is 4.45. The second-order valence-electron chi connectivity index (χ2n) is 1.72. The molecule has 1 N–H and O–H groups in total. The summed E-state index contributed by atoms with van der Waals surface area (Å²) in [4.78, 5) is -0.0255. The lowest BCUT2D eigenvalue weighted by Gasteiger charge is -1.92. The van der Waals surface area contributed by atoms with E-state index in [1.54, 1.807) is 0 Å². The Morgan fingerprint density at radius 2 is 2.10 bits per heavy atom. The summed E-state index contributed by atoms with van der Waals surface area (Å²) in [5, 5.41) is 6.70. The second-order valence-corrected chi connectivity index (χ2v) is 3.74.